The predicted molar refractivity (Wildman–Crippen MR) is 58.0 cm³/mol. The van der Waals surface area contributed by atoms with E-state index in [2.05, 4.69) is 13.5 Å². The van der Waals surface area contributed by atoms with E-state index in [1.54, 1.807) is 18.7 Å². The molecule has 13 heavy (non-hydrogen) atoms. The van der Waals surface area contributed by atoms with Crippen LogP contribution in [0.15, 0.2) is 12.2 Å². The summed E-state index contributed by atoms with van der Waals surface area (Å²) in [5, 5.41) is 0. The number of esters is 1. The van der Waals surface area contributed by atoms with E-state index in [1.165, 1.54) is 12.8 Å². The lowest BCUT2D eigenvalue weighted by atomic mass is 10.4. The van der Waals surface area contributed by atoms with Gasteiger partial charge in [0.1, 0.15) is 0 Å². The zero-order valence-electron chi connectivity index (χ0n) is 8.47. The Morgan fingerprint density at radius 2 is 2.15 bits per heavy atom. The average molecular weight is 202 g/mol. The molecule has 0 aromatic rings. The zero-order chi connectivity index (χ0) is 10.1. The fourth-order valence-corrected chi connectivity index (χ4v) is 1.74. The number of hydrogen-bond acceptors (Lipinski definition) is 3. The molecule has 0 aromatic carbocycles. The topological polar surface area (TPSA) is 26.3 Å². The van der Waals surface area contributed by atoms with Gasteiger partial charge in [-0.05, 0) is 19.1 Å². The summed E-state index contributed by atoms with van der Waals surface area (Å²) in [6.45, 7) is 8.06. The number of unbranched alkanes of at least 4 members (excludes halogenated alkanes) is 1. The van der Waals surface area contributed by atoms with Gasteiger partial charge < -0.3 is 4.74 Å². The SMILES string of the molecule is C=C(CSCCCC)C(=O)OCC. The van der Waals surface area contributed by atoms with Crippen molar-refractivity contribution in [2.75, 3.05) is 18.1 Å². The third-order valence-electron chi connectivity index (χ3n) is 1.48. The van der Waals surface area contributed by atoms with Crippen LogP contribution < -0.4 is 0 Å². The molecule has 3 heteroatoms. The van der Waals surface area contributed by atoms with Crippen molar-refractivity contribution in [2.45, 2.75) is 26.7 Å². The minimum atomic E-state index is -0.258. The Kier molecular flexibility index (Phi) is 7.90. The van der Waals surface area contributed by atoms with Crippen molar-refractivity contribution in [3.8, 4) is 0 Å². The lowest BCUT2D eigenvalue weighted by molar-refractivity contribution is -0.138. The molecule has 0 unspecified atom stereocenters. The van der Waals surface area contributed by atoms with Crippen molar-refractivity contribution in [3.05, 3.63) is 12.2 Å². The van der Waals surface area contributed by atoms with Crippen molar-refractivity contribution in [1.29, 1.82) is 0 Å². The van der Waals surface area contributed by atoms with Crippen LogP contribution in [-0.2, 0) is 9.53 Å². The zero-order valence-corrected chi connectivity index (χ0v) is 9.28. The normalized spacial score (nSPS) is 9.69. The summed E-state index contributed by atoms with van der Waals surface area (Å²) in [5.41, 5.74) is 0.572. The van der Waals surface area contributed by atoms with Gasteiger partial charge in [-0.2, -0.15) is 11.8 Å². The lowest BCUT2D eigenvalue weighted by Crippen LogP contribution is -2.08. The van der Waals surface area contributed by atoms with E-state index in [0.29, 0.717) is 17.9 Å². The highest BCUT2D eigenvalue weighted by atomic mass is 32.2. The smallest absolute Gasteiger partial charge is 0.334 e. The lowest BCUT2D eigenvalue weighted by Gasteiger charge is -2.04. The minimum absolute atomic E-state index is 0.258. The maximum Gasteiger partial charge on any atom is 0.334 e. The van der Waals surface area contributed by atoms with Crippen molar-refractivity contribution >= 4 is 17.7 Å². The Hall–Kier alpha value is -0.440. The van der Waals surface area contributed by atoms with E-state index in [1.807, 2.05) is 0 Å². The molecular formula is C10H18O2S. The molecule has 0 heterocycles. The summed E-state index contributed by atoms with van der Waals surface area (Å²) in [7, 11) is 0. The fourth-order valence-electron chi connectivity index (χ4n) is 0.734. The third kappa shape index (κ3) is 6.70. The first-order chi connectivity index (χ1) is 6.22. The summed E-state index contributed by atoms with van der Waals surface area (Å²) in [5.74, 6) is 1.53. The van der Waals surface area contributed by atoms with Crippen molar-refractivity contribution in [1.82, 2.24) is 0 Å². The molecule has 0 aromatic heterocycles. The summed E-state index contributed by atoms with van der Waals surface area (Å²) >= 11 is 1.74. The number of hydrogen-bond donors (Lipinski definition) is 0. The summed E-state index contributed by atoms with van der Waals surface area (Å²) < 4.78 is 4.81. The highest BCUT2D eigenvalue weighted by Gasteiger charge is 2.06. The quantitative estimate of drug-likeness (QED) is 0.360. The molecule has 0 fully saturated rings. The van der Waals surface area contributed by atoms with Crippen LogP contribution in [0.1, 0.15) is 26.7 Å². The van der Waals surface area contributed by atoms with Gasteiger partial charge in [-0.1, -0.05) is 19.9 Å². The first-order valence-corrected chi connectivity index (χ1v) is 5.80. The molecule has 0 aliphatic heterocycles. The van der Waals surface area contributed by atoms with E-state index in [-0.39, 0.29) is 5.97 Å². The Morgan fingerprint density at radius 3 is 2.69 bits per heavy atom. The highest BCUT2D eigenvalue weighted by Crippen LogP contribution is 2.09. The Morgan fingerprint density at radius 1 is 1.46 bits per heavy atom. The number of carbonyl (C=O) groups is 1. The van der Waals surface area contributed by atoms with Crippen molar-refractivity contribution in [3.63, 3.8) is 0 Å². The van der Waals surface area contributed by atoms with Gasteiger partial charge in [0, 0.05) is 11.3 Å². The number of ether oxygens (including phenoxy) is 1. The van der Waals surface area contributed by atoms with Crippen molar-refractivity contribution in [2.24, 2.45) is 0 Å². The van der Waals surface area contributed by atoms with E-state index in [0.717, 1.165) is 5.75 Å². The van der Waals surface area contributed by atoms with Crippen LogP contribution in [0.2, 0.25) is 0 Å². The minimum Gasteiger partial charge on any atom is -0.463 e. The summed E-state index contributed by atoms with van der Waals surface area (Å²) in [6.07, 6.45) is 2.39. The highest BCUT2D eigenvalue weighted by molar-refractivity contribution is 7.99. The van der Waals surface area contributed by atoms with Gasteiger partial charge in [-0.15, -0.1) is 0 Å². The first-order valence-electron chi connectivity index (χ1n) is 4.65. The fraction of sp³-hybridized carbons (Fsp3) is 0.700. The molecule has 0 saturated heterocycles. The monoisotopic (exact) mass is 202 g/mol. The Bertz CT molecular complexity index is 166. The number of thioether (sulfide) groups is 1. The number of rotatable bonds is 7. The average Bonchev–Trinajstić information content (AvgIpc) is 2.12. The van der Waals surface area contributed by atoms with Gasteiger partial charge >= 0.3 is 5.97 Å². The van der Waals surface area contributed by atoms with Crippen LogP contribution in [0, 0.1) is 0 Å². The Labute approximate surface area is 84.7 Å². The van der Waals surface area contributed by atoms with Gasteiger partial charge in [0.05, 0.1) is 6.61 Å². The molecule has 0 aliphatic carbocycles. The van der Waals surface area contributed by atoms with E-state index in [4.69, 9.17) is 4.74 Å². The molecule has 0 atom stereocenters. The maximum atomic E-state index is 11.1. The first kappa shape index (κ1) is 12.6. The van der Waals surface area contributed by atoms with Crippen LogP contribution in [-0.4, -0.2) is 24.1 Å². The van der Waals surface area contributed by atoms with Crippen LogP contribution in [0.5, 0.6) is 0 Å². The molecule has 0 bridgehead atoms. The molecule has 0 N–H and O–H groups in total. The van der Waals surface area contributed by atoms with Crippen LogP contribution in [0.25, 0.3) is 0 Å². The molecule has 0 amide bonds. The second-order valence-corrected chi connectivity index (χ2v) is 3.84. The van der Waals surface area contributed by atoms with Crippen molar-refractivity contribution < 1.29 is 9.53 Å². The van der Waals surface area contributed by atoms with E-state index < -0.39 is 0 Å². The second-order valence-electron chi connectivity index (χ2n) is 2.73. The van der Waals surface area contributed by atoms with Gasteiger partial charge in [0.25, 0.3) is 0 Å². The molecule has 0 spiro atoms. The standard InChI is InChI=1S/C10H18O2S/c1-4-6-7-13-8-9(3)10(11)12-5-2/h3-8H2,1-2H3. The molecule has 0 saturated carbocycles. The van der Waals surface area contributed by atoms with E-state index >= 15 is 0 Å². The third-order valence-corrected chi connectivity index (χ3v) is 2.61. The molecular weight excluding hydrogens is 184 g/mol. The molecule has 0 aliphatic rings. The molecule has 76 valence electrons. The van der Waals surface area contributed by atoms with Gasteiger partial charge in [-0.25, -0.2) is 4.79 Å². The second kappa shape index (κ2) is 8.17. The molecule has 2 nitrogen and oxygen atoms in total. The van der Waals surface area contributed by atoms with Gasteiger partial charge in [-0.3, -0.25) is 0 Å². The summed E-state index contributed by atoms with van der Waals surface area (Å²) in [4.78, 5) is 11.1. The maximum absolute atomic E-state index is 11.1. The molecule has 0 rings (SSSR count). The summed E-state index contributed by atoms with van der Waals surface area (Å²) in [6, 6.07) is 0. The van der Waals surface area contributed by atoms with Crippen LogP contribution >= 0.6 is 11.8 Å². The van der Waals surface area contributed by atoms with Crippen LogP contribution in [0.4, 0.5) is 0 Å². The van der Waals surface area contributed by atoms with E-state index in [9.17, 15) is 4.79 Å². The number of carbonyl (C=O) groups excluding carboxylic acids is 1. The Balaban J connectivity index is 3.44. The molecule has 0 radical (unpaired) electrons. The van der Waals surface area contributed by atoms with Crippen LogP contribution in [0.3, 0.4) is 0 Å². The van der Waals surface area contributed by atoms with Gasteiger partial charge in [0.2, 0.25) is 0 Å². The predicted octanol–water partition coefficient (Wildman–Crippen LogP) is 2.64. The van der Waals surface area contributed by atoms with Gasteiger partial charge in [0.15, 0.2) is 0 Å². The largest absolute Gasteiger partial charge is 0.463 e.